The largest absolute Gasteiger partial charge is 0.493 e. The minimum Gasteiger partial charge on any atom is -0.493 e. The van der Waals surface area contributed by atoms with Gasteiger partial charge in [0.25, 0.3) is 0 Å². The number of ether oxygens (including phenoxy) is 3. The van der Waals surface area contributed by atoms with Crippen LogP contribution in [0.3, 0.4) is 0 Å². The Morgan fingerprint density at radius 2 is 1.82 bits per heavy atom. The zero-order chi connectivity index (χ0) is 20.1. The first-order chi connectivity index (χ1) is 13.5. The zero-order valence-electron chi connectivity index (χ0n) is 15.1. The summed E-state index contributed by atoms with van der Waals surface area (Å²) in [4.78, 5) is 23.9. The molecule has 1 aliphatic carbocycles. The lowest BCUT2D eigenvalue weighted by atomic mass is 10.2. The van der Waals surface area contributed by atoms with E-state index in [1.807, 2.05) is 0 Å². The molecule has 0 aromatic heterocycles. The van der Waals surface area contributed by atoms with Crippen molar-refractivity contribution >= 4 is 17.6 Å². The van der Waals surface area contributed by atoms with Gasteiger partial charge in [0.2, 0.25) is 5.91 Å². The number of alkyl halides is 2. The van der Waals surface area contributed by atoms with Gasteiger partial charge in [-0.15, -0.1) is 0 Å². The third-order valence-electron chi connectivity index (χ3n) is 4.15. The molecule has 0 bridgehead atoms. The molecule has 1 N–H and O–H groups in total. The van der Waals surface area contributed by atoms with E-state index in [0.29, 0.717) is 16.8 Å². The zero-order valence-corrected chi connectivity index (χ0v) is 15.1. The van der Waals surface area contributed by atoms with Gasteiger partial charge in [0.1, 0.15) is 6.61 Å². The Morgan fingerprint density at radius 1 is 1.11 bits per heavy atom. The average molecular weight is 391 g/mol. The molecule has 1 fully saturated rings. The highest BCUT2D eigenvalue weighted by Gasteiger charge is 2.29. The topological polar surface area (TPSA) is 73.9 Å². The van der Waals surface area contributed by atoms with Crippen LogP contribution in [-0.4, -0.2) is 25.6 Å². The van der Waals surface area contributed by atoms with E-state index in [1.54, 1.807) is 24.3 Å². The first kappa shape index (κ1) is 19.6. The Bertz CT molecular complexity index is 850. The fourth-order valence-electron chi connectivity index (χ4n) is 2.51. The summed E-state index contributed by atoms with van der Waals surface area (Å²) >= 11 is 0. The van der Waals surface area contributed by atoms with Gasteiger partial charge in [-0.25, -0.2) is 4.79 Å². The maximum Gasteiger partial charge on any atom is 0.387 e. The van der Waals surface area contributed by atoms with Crippen molar-refractivity contribution < 1.29 is 32.6 Å². The molecular formula is C20H19F2NO5. The summed E-state index contributed by atoms with van der Waals surface area (Å²) in [6, 6.07) is 10.7. The van der Waals surface area contributed by atoms with Crippen molar-refractivity contribution in [2.24, 2.45) is 5.92 Å². The molecule has 1 saturated carbocycles. The molecule has 1 aliphatic rings. The highest BCUT2D eigenvalue weighted by Crippen LogP contribution is 2.31. The number of rotatable bonds is 8. The Labute approximate surface area is 160 Å². The number of anilines is 1. The quantitative estimate of drug-likeness (QED) is 0.689. The lowest BCUT2D eigenvalue weighted by Gasteiger charge is -2.12. The van der Waals surface area contributed by atoms with Gasteiger partial charge in [-0.1, -0.05) is 6.07 Å². The van der Waals surface area contributed by atoms with E-state index < -0.39 is 12.6 Å². The van der Waals surface area contributed by atoms with E-state index in [0.717, 1.165) is 12.8 Å². The summed E-state index contributed by atoms with van der Waals surface area (Å²) < 4.78 is 39.3. The highest BCUT2D eigenvalue weighted by atomic mass is 19.3. The average Bonchev–Trinajstić information content (AvgIpc) is 3.52. The molecule has 0 saturated heterocycles. The van der Waals surface area contributed by atoms with E-state index >= 15 is 0 Å². The van der Waals surface area contributed by atoms with Gasteiger partial charge in [0.05, 0.1) is 12.7 Å². The number of benzene rings is 2. The number of carbonyl (C=O) groups is 2. The molecule has 0 spiro atoms. The molecular weight excluding hydrogens is 372 g/mol. The van der Waals surface area contributed by atoms with Crippen molar-refractivity contribution in [1.29, 1.82) is 0 Å². The maximum absolute atomic E-state index is 12.3. The predicted octanol–water partition coefficient (Wildman–Crippen LogP) is 4.00. The monoisotopic (exact) mass is 391 g/mol. The molecule has 8 heteroatoms. The van der Waals surface area contributed by atoms with Crippen molar-refractivity contribution in [3.05, 3.63) is 53.6 Å². The first-order valence-electron chi connectivity index (χ1n) is 8.66. The maximum atomic E-state index is 12.3. The molecule has 0 heterocycles. The second-order valence-electron chi connectivity index (χ2n) is 6.28. The molecule has 148 valence electrons. The number of esters is 1. The lowest BCUT2D eigenvalue weighted by Crippen LogP contribution is -2.13. The minimum atomic E-state index is -2.96. The molecule has 0 unspecified atom stereocenters. The van der Waals surface area contributed by atoms with Crippen LogP contribution in [-0.2, 0) is 16.1 Å². The van der Waals surface area contributed by atoms with Crippen LogP contribution in [0.25, 0.3) is 0 Å². The Kier molecular flexibility index (Phi) is 6.08. The molecule has 2 aromatic carbocycles. The molecule has 6 nitrogen and oxygen atoms in total. The van der Waals surface area contributed by atoms with Gasteiger partial charge in [0.15, 0.2) is 11.5 Å². The Balaban J connectivity index is 1.56. The van der Waals surface area contributed by atoms with E-state index in [-0.39, 0.29) is 29.9 Å². The molecule has 2 aromatic rings. The molecule has 0 aliphatic heterocycles. The smallest absolute Gasteiger partial charge is 0.387 e. The number of carbonyl (C=O) groups excluding carboxylic acids is 2. The number of nitrogens with one attached hydrogen (secondary N) is 1. The summed E-state index contributed by atoms with van der Waals surface area (Å²) in [6.45, 7) is -3.03. The van der Waals surface area contributed by atoms with Crippen molar-refractivity contribution in [2.45, 2.75) is 26.1 Å². The van der Waals surface area contributed by atoms with Gasteiger partial charge >= 0.3 is 12.6 Å². The van der Waals surface area contributed by atoms with Gasteiger partial charge in [0, 0.05) is 11.6 Å². The molecule has 0 radical (unpaired) electrons. The molecule has 28 heavy (non-hydrogen) atoms. The SMILES string of the molecule is COc1cc(COC(=O)c2ccc(NC(=O)C3CC3)cc2)ccc1OC(F)F. The Hall–Kier alpha value is -3.16. The summed E-state index contributed by atoms with van der Waals surface area (Å²) in [5.41, 5.74) is 1.50. The number of halogens is 2. The number of methoxy groups -OCH3 is 1. The van der Waals surface area contributed by atoms with E-state index in [9.17, 15) is 18.4 Å². The first-order valence-corrected chi connectivity index (χ1v) is 8.66. The minimum absolute atomic E-state index is 0.0106. The van der Waals surface area contributed by atoms with Crippen LogP contribution in [0.15, 0.2) is 42.5 Å². The number of hydrogen-bond acceptors (Lipinski definition) is 5. The van der Waals surface area contributed by atoms with Crippen LogP contribution in [0.2, 0.25) is 0 Å². The molecule has 0 atom stereocenters. The fraction of sp³-hybridized carbons (Fsp3) is 0.300. The normalized spacial score (nSPS) is 13.1. The van der Waals surface area contributed by atoms with Crippen LogP contribution < -0.4 is 14.8 Å². The lowest BCUT2D eigenvalue weighted by molar-refractivity contribution is -0.117. The van der Waals surface area contributed by atoms with Gasteiger partial charge in [-0.3, -0.25) is 4.79 Å². The van der Waals surface area contributed by atoms with Gasteiger partial charge in [-0.05, 0) is 54.8 Å². The third kappa shape index (κ3) is 5.18. The van der Waals surface area contributed by atoms with E-state index in [2.05, 4.69) is 10.1 Å². The highest BCUT2D eigenvalue weighted by molar-refractivity contribution is 5.95. The van der Waals surface area contributed by atoms with Crippen molar-refractivity contribution in [3.8, 4) is 11.5 Å². The fourth-order valence-corrected chi connectivity index (χ4v) is 2.51. The molecule has 3 rings (SSSR count). The second-order valence-corrected chi connectivity index (χ2v) is 6.28. The predicted molar refractivity (Wildman–Crippen MR) is 96.5 cm³/mol. The summed E-state index contributed by atoms with van der Waals surface area (Å²) in [7, 11) is 1.33. The van der Waals surface area contributed by atoms with Crippen molar-refractivity contribution in [1.82, 2.24) is 0 Å². The summed E-state index contributed by atoms with van der Waals surface area (Å²) in [5, 5.41) is 2.79. The molecule has 1 amide bonds. The summed E-state index contributed by atoms with van der Waals surface area (Å²) in [6.07, 6.45) is 1.83. The van der Waals surface area contributed by atoms with Crippen LogP contribution >= 0.6 is 0 Å². The van der Waals surface area contributed by atoms with Crippen LogP contribution in [0, 0.1) is 5.92 Å². The number of hydrogen-bond donors (Lipinski definition) is 1. The van der Waals surface area contributed by atoms with E-state index in [4.69, 9.17) is 9.47 Å². The van der Waals surface area contributed by atoms with Gasteiger partial charge in [-0.2, -0.15) is 8.78 Å². The van der Waals surface area contributed by atoms with Gasteiger partial charge < -0.3 is 19.5 Å². The second kappa shape index (κ2) is 8.69. The standard InChI is InChI=1S/C20H19F2NO5/c1-26-17-10-12(2-9-16(17)28-20(21)22)11-27-19(25)14-5-7-15(8-6-14)23-18(24)13-3-4-13/h2,5-10,13,20H,3-4,11H2,1H3,(H,23,24). The Morgan fingerprint density at radius 3 is 2.43 bits per heavy atom. The van der Waals surface area contributed by atoms with Crippen LogP contribution in [0.4, 0.5) is 14.5 Å². The van der Waals surface area contributed by atoms with Crippen LogP contribution in [0.5, 0.6) is 11.5 Å². The number of amides is 1. The van der Waals surface area contributed by atoms with E-state index in [1.165, 1.54) is 25.3 Å². The summed E-state index contributed by atoms with van der Waals surface area (Å²) in [5.74, 6) is -0.449. The van der Waals surface area contributed by atoms with Crippen molar-refractivity contribution in [2.75, 3.05) is 12.4 Å². The third-order valence-corrected chi connectivity index (χ3v) is 4.15. The van der Waals surface area contributed by atoms with Crippen LogP contribution in [0.1, 0.15) is 28.8 Å². The van der Waals surface area contributed by atoms with Crippen molar-refractivity contribution in [3.63, 3.8) is 0 Å².